The highest BCUT2D eigenvalue weighted by atomic mass is 16.6. The van der Waals surface area contributed by atoms with Gasteiger partial charge in [0.25, 0.3) is 5.91 Å². The number of ether oxygens (including phenoxy) is 8. The Balaban J connectivity index is 0.000000415. The number of rotatable bonds is 2. The van der Waals surface area contributed by atoms with Gasteiger partial charge in [0.1, 0.15) is 26.4 Å². The fourth-order valence-electron chi connectivity index (χ4n) is 3.86. The highest BCUT2D eigenvalue weighted by Crippen LogP contribution is 2.27. The molecule has 1 aliphatic heterocycles. The molecule has 0 bridgehead atoms. The van der Waals surface area contributed by atoms with Gasteiger partial charge in [-0.1, -0.05) is 36.4 Å². The molecule has 3 aromatic rings. The molecule has 0 atom stereocenters. The van der Waals surface area contributed by atoms with Crippen LogP contribution in [0.4, 0.5) is 0 Å². The zero-order chi connectivity index (χ0) is 34.7. The third-order valence-corrected chi connectivity index (χ3v) is 6.16. The lowest BCUT2D eigenvalue weighted by Gasteiger charge is -2.14. The van der Waals surface area contributed by atoms with Crippen molar-refractivity contribution in [1.29, 1.82) is 0 Å². The summed E-state index contributed by atoms with van der Waals surface area (Å²) in [5.41, 5.74) is 1.18. The largest absolute Gasteiger partial charge is 0.487 e. The first-order chi connectivity index (χ1) is 23.5. The molecule has 0 fully saturated rings. The van der Waals surface area contributed by atoms with Gasteiger partial charge in [-0.15, -0.1) is 0 Å². The fraction of sp³-hybridized carbons (Fsp3) is 0.444. The number of benzene rings is 3. The zero-order valence-corrected chi connectivity index (χ0v) is 28.5. The minimum Gasteiger partial charge on any atom is -0.487 e. The number of ketones is 1. The molecule has 0 unspecified atom stereocenters. The van der Waals surface area contributed by atoms with E-state index in [2.05, 4.69) is 10.6 Å². The molecular weight excluding hydrogens is 620 g/mol. The Kier molecular flexibility index (Phi) is 21.5. The normalized spacial score (nSPS) is 15.1. The molecule has 0 aromatic heterocycles. The molecular formula is C36H50N2O10. The van der Waals surface area contributed by atoms with Gasteiger partial charge in [0.15, 0.2) is 28.8 Å². The molecule has 0 spiro atoms. The summed E-state index contributed by atoms with van der Waals surface area (Å²) in [6.45, 7) is 6.97. The Morgan fingerprint density at radius 2 is 0.729 bits per heavy atom. The molecule has 2 N–H and O–H groups in total. The van der Waals surface area contributed by atoms with Crippen molar-refractivity contribution in [2.45, 2.75) is 6.92 Å². The number of carbonyl (C=O) groups excluding carboxylic acids is 2. The summed E-state index contributed by atoms with van der Waals surface area (Å²) in [6.07, 6.45) is 0. The van der Waals surface area contributed by atoms with Crippen LogP contribution in [0.15, 0.2) is 72.8 Å². The van der Waals surface area contributed by atoms with Gasteiger partial charge in [0, 0.05) is 18.2 Å². The summed E-state index contributed by atoms with van der Waals surface area (Å²) in [5.74, 6) is 2.59. The van der Waals surface area contributed by atoms with E-state index in [1.165, 1.54) is 6.92 Å². The van der Waals surface area contributed by atoms with Crippen molar-refractivity contribution in [3.05, 3.63) is 83.9 Å². The van der Waals surface area contributed by atoms with Crippen LogP contribution in [-0.4, -0.2) is 112 Å². The molecule has 3 aromatic carbocycles. The maximum Gasteiger partial charge on any atom is 0.251 e. The number of nitrogens with one attached hydrogen (secondary N) is 2. The van der Waals surface area contributed by atoms with E-state index in [0.717, 1.165) is 0 Å². The average Bonchev–Trinajstić information content (AvgIpc) is 3.10. The van der Waals surface area contributed by atoms with Crippen LogP contribution in [0.1, 0.15) is 27.6 Å². The van der Waals surface area contributed by atoms with Crippen LogP contribution >= 0.6 is 0 Å². The Labute approximate surface area is 283 Å². The molecule has 12 heteroatoms. The molecule has 1 heterocycles. The number of hydrogen-bond donors (Lipinski definition) is 2. The summed E-state index contributed by atoms with van der Waals surface area (Å²) >= 11 is 0. The lowest BCUT2D eigenvalue weighted by Crippen LogP contribution is -2.17. The second kappa shape index (κ2) is 25.8. The summed E-state index contributed by atoms with van der Waals surface area (Å²) < 4.78 is 45.3. The van der Waals surface area contributed by atoms with Crippen LogP contribution in [0.25, 0.3) is 0 Å². The van der Waals surface area contributed by atoms with Gasteiger partial charge in [-0.05, 0) is 57.4 Å². The SMILES string of the molecule is CNC.CNC(=O)c1ccc(C(C)=O)cc1.c1ccc2c(c1)OCCOCCOCCOc1ccccc1OCCOCCOCCO2. The van der Waals surface area contributed by atoms with Gasteiger partial charge in [0.2, 0.25) is 0 Å². The number of carbonyl (C=O) groups is 2. The van der Waals surface area contributed by atoms with Crippen LogP contribution in [0.3, 0.4) is 0 Å². The number of amides is 1. The minimum atomic E-state index is -0.143. The van der Waals surface area contributed by atoms with Crippen molar-refractivity contribution in [3.8, 4) is 23.0 Å². The number of hydrogen-bond acceptors (Lipinski definition) is 11. The molecule has 1 amide bonds. The number of fused-ring (bicyclic) bond motifs is 2. The van der Waals surface area contributed by atoms with E-state index in [0.29, 0.717) is 113 Å². The van der Waals surface area contributed by atoms with Gasteiger partial charge in [0.05, 0.1) is 52.9 Å². The molecule has 1 aliphatic rings. The van der Waals surface area contributed by atoms with Gasteiger partial charge in [-0.25, -0.2) is 0 Å². The molecule has 12 nitrogen and oxygen atoms in total. The first-order valence-corrected chi connectivity index (χ1v) is 15.9. The Hall–Kier alpha value is -4.20. The Morgan fingerprint density at radius 1 is 0.458 bits per heavy atom. The monoisotopic (exact) mass is 670 g/mol. The van der Waals surface area contributed by atoms with Gasteiger partial charge >= 0.3 is 0 Å². The standard InChI is InChI=1S/C24H32O8.C10H11NO2.C2H7N/c1-2-6-22-21(5-1)29-17-13-25-9-10-27-15-19-31-23-7-3-4-8-24(23)32-20-16-28-12-11-26-14-18-30-22;1-7(12)8-3-5-9(6-4-8)10(13)11-2;1-3-2/h1-8H,9-20H2;3-6H,1-2H3,(H,11,13);3H,1-2H3. The first kappa shape index (κ1) is 40.0. The predicted molar refractivity (Wildman–Crippen MR) is 183 cm³/mol. The van der Waals surface area contributed by atoms with E-state index in [9.17, 15) is 9.59 Å². The first-order valence-electron chi connectivity index (χ1n) is 15.9. The van der Waals surface area contributed by atoms with Crippen LogP contribution in [0.2, 0.25) is 0 Å². The zero-order valence-electron chi connectivity index (χ0n) is 28.5. The smallest absolute Gasteiger partial charge is 0.251 e. The Bertz CT molecular complexity index is 1160. The molecule has 4 rings (SSSR count). The summed E-state index contributed by atoms with van der Waals surface area (Å²) in [6, 6.07) is 21.7. The van der Waals surface area contributed by atoms with E-state index in [-0.39, 0.29) is 11.7 Å². The molecule has 0 aliphatic carbocycles. The third kappa shape index (κ3) is 17.1. The van der Waals surface area contributed by atoms with Crippen LogP contribution in [0.5, 0.6) is 23.0 Å². The van der Waals surface area contributed by atoms with E-state index in [1.807, 2.05) is 62.6 Å². The summed E-state index contributed by atoms with van der Waals surface area (Å²) in [7, 11) is 5.32. The maximum atomic E-state index is 11.1. The molecule has 0 saturated heterocycles. The van der Waals surface area contributed by atoms with Crippen LogP contribution < -0.4 is 29.6 Å². The Morgan fingerprint density at radius 3 is 1.00 bits per heavy atom. The van der Waals surface area contributed by atoms with Gasteiger partial charge in [-0.2, -0.15) is 0 Å². The molecule has 264 valence electrons. The van der Waals surface area contributed by atoms with Crippen LogP contribution in [-0.2, 0) is 18.9 Å². The predicted octanol–water partition coefficient (Wildman–Crippen LogP) is 4.07. The maximum absolute atomic E-state index is 11.1. The summed E-state index contributed by atoms with van der Waals surface area (Å²) in [5, 5.41) is 5.26. The second-order valence-corrected chi connectivity index (χ2v) is 9.95. The van der Waals surface area contributed by atoms with Crippen molar-refractivity contribution in [1.82, 2.24) is 10.6 Å². The van der Waals surface area contributed by atoms with E-state index < -0.39 is 0 Å². The molecule has 0 saturated carbocycles. The van der Waals surface area contributed by atoms with Crippen molar-refractivity contribution in [2.75, 3.05) is 100 Å². The van der Waals surface area contributed by atoms with Crippen molar-refractivity contribution >= 4 is 11.7 Å². The average molecular weight is 671 g/mol. The second-order valence-electron chi connectivity index (χ2n) is 9.95. The lowest BCUT2D eigenvalue weighted by atomic mass is 10.1. The van der Waals surface area contributed by atoms with Crippen molar-refractivity contribution < 1.29 is 47.5 Å². The van der Waals surface area contributed by atoms with E-state index in [4.69, 9.17) is 37.9 Å². The van der Waals surface area contributed by atoms with E-state index >= 15 is 0 Å². The van der Waals surface area contributed by atoms with Gasteiger partial charge < -0.3 is 48.5 Å². The lowest BCUT2D eigenvalue weighted by molar-refractivity contribution is 0.0223. The van der Waals surface area contributed by atoms with Gasteiger partial charge in [-0.3, -0.25) is 9.59 Å². The number of para-hydroxylation sites is 4. The third-order valence-electron chi connectivity index (χ3n) is 6.16. The summed E-state index contributed by atoms with van der Waals surface area (Å²) in [4.78, 5) is 22.0. The highest BCUT2D eigenvalue weighted by molar-refractivity contribution is 5.97. The van der Waals surface area contributed by atoms with E-state index in [1.54, 1.807) is 31.3 Å². The molecule has 0 radical (unpaired) electrons. The number of Topliss-reactive ketones (excluding diaryl/α,β-unsaturated/α-hetero) is 1. The minimum absolute atomic E-state index is 0.00320. The van der Waals surface area contributed by atoms with Crippen molar-refractivity contribution in [2.24, 2.45) is 0 Å². The fourth-order valence-corrected chi connectivity index (χ4v) is 3.86. The van der Waals surface area contributed by atoms with Crippen LogP contribution in [0, 0.1) is 0 Å². The quantitative estimate of drug-likeness (QED) is 0.383. The highest BCUT2D eigenvalue weighted by Gasteiger charge is 2.07. The topological polar surface area (TPSA) is 132 Å². The molecule has 48 heavy (non-hydrogen) atoms. The van der Waals surface area contributed by atoms with Crippen molar-refractivity contribution in [3.63, 3.8) is 0 Å².